The first kappa shape index (κ1) is 32.5. The number of hydrogen-bond acceptors (Lipinski definition) is 1. The molecular weight excluding hydrogens is 427 g/mol. The summed E-state index contributed by atoms with van der Waals surface area (Å²) in [6.07, 6.45) is 7.90. The molecule has 0 amide bonds. The Bertz CT molecular complexity index is 506. The molecule has 0 aromatic carbocycles. The molecule has 1 aliphatic rings. The minimum Gasteiger partial charge on any atom is -0.495 e. The lowest BCUT2D eigenvalue weighted by molar-refractivity contribution is -0.205. The molecule has 0 aromatic rings. The van der Waals surface area contributed by atoms with Gasteiger partial charge in [0, 0.05) is 11.0 Å². The zero-order chi connectivity index (χ0) is 26.5. The van der Waals surface area contributed by atoms with Crippen molar-refractivity contribution >= 4 is 14.5 Å². The predicted molar refractivity (Wildman–Crippen MR) is 156 cm³/mol. The maximum Gasteiger partial charge on any atom is 0.462 e. The average molecular weight is 493 g/mol. The van der Waals surface area contributed by atoms with E-state index in [1.165, 1.54) is 49.1 Å². The molecule has 0 atom stereocenters. The fraction of sp³-hybridized carbons (Fsp3) is 1.00. The Hall–Kier alpha value is 0.492. The summed E-state index contributed by atoms with van der Waals surface area (Å²) in [5.41, 5.74) is 0.682. The molecule has 1 nitrogen and oxygen atoms in total. The van der Waals surface area contributed by atoms with Crippen molar-refractivity contribution in [3.8, 4) is 0 Å². The van der Waals surface area contributed by atoms with Crippen molar-refractivity contribution in [3.63, 3.8) is 0 Å². The molecule has 1 aliphatic heterocycles. The van der Waals surface area contributed by atoms with E-state index >= 15 is 0 Å². The van der Waals surface area contributed by atoms with Crippen molar-refractivity contribution in [1.82, 2.24) is 0 Å². The summed E-state index contributed by atoms with van der Waals surface area (Å²) in [4.78, 5) is 0. The van der Waals surface area contributed by atoms with Gasteiger partial charge in [-0.3, -0.25) is 0 Å². The van der Waals surface area contributed by atoms with E-state index in [4.69, 9.17) is 3.79 Å². The van der Waals surface area contributed by atoms with Crippen LogP contribution in [0.1, 0.15) is 135 Å². The first-order valence-corrected chi connectivity index (χ1v) is 17.3. The highest BCUT2D eigenvalue weighted by molar-refractivity contribution is 6.52. The van der Waals surface area contributed by atoms with Crippen LogP contribution in [-0.2, 0) is 3.79 Å². The van der Waals surface area contributed by atoms with Crippen molar-refractivity contribution in [2.45, 2.75) is 152 Å². The highest BCUT2D eigenvalue weighted by Gasteiger charge is 2.67. The summed E-state index contributed by atoms with van der Waals surface area (Å²) >= 11 is -1.34. The van der Waals surface area contributed by atoms with Gasteiger partial charge in [-0.1, -0.05) is 113 Å². The highest BCUT2D eigenvalue weighted by Crippen LogP contribution is 2.69. The third kappa shape index (κ3) is 8.25. The standard InChI is InChI=1S/C28H56O.C4H9.Al/c1-20(2)14-26(13,15-21(3)4)27(16-22(5)6,17-23(7)8)28(29,18-24(9)10)19-25(11)12;1-4(2)3;/h20-25H,13-19H2,1-12H3;4H,1H2,2-3H3;/q-1;;+1. The van der Waals surface area contributed by atoms with Crippen LogP contribution >= 0.6 is 0 Å². The topological polar surface area (TPSA) is 9.23 Å². The minimum atomic E-state index is -1.34. The third-order valence-corrected chi connectivity index (χ3v) is 11.7. The summed E-state index contributed by atoms with van der Waals surface area (Å²) < 4.78 is 7.78. The molecule has 0 aromatic heterocycles. The average Bonchev–Trinajstić information content (AvgIpc) is 2.55. The molecule has 0 radical (unpaired) electrons. The minimum absolute atomic E-state index is 0.0255. The van der Waals surface area contributed by atoms with Crippen LogP contribution in [0.3, 0.4) is 0 Å². The van der Waals surface area contributed by atoms with E-state index < -0.39 is 14.5 Å². The largest absolute Gasteiger partial charge is 0.495 e. The summed E-state index contributed by atoms with van der Waals surface area (Å²) in [7, 11) is 0. The van der Waals surface area contributed by atoms with Gasteiger partial charge in [0.15, 0.2) is 0 Å². The van der Waals surface area contributed by atoms with E-state index in [9.17, 15) is 0 Å². The van der Waals surface area contributed by atoms with Gasteiger partial charge in [0.25, 0.3) is 0 Å². The van der Waals surface area contributed by atoms with Gasteiger partial charge in [-0.25, -0.2) is 0 Å². The molecule has 1 fully saturated rings. The van der Waals surface area contributed by atoms with E-state index in [1.54, 1.807) is 0 Å². The van der Waals surface area contributed by atoms with Gasteiger partial charge in [0.1, 0.15) is 0 Å². The van der Waals surface area contributed by atoms with Crippen LogP contribution in [0.15, 0.2) is 0 Å². The number of hydrogen-bond donors (Lipinski definition) is 0. The van der Waals surface area contributed by atoms with Crippen molar-refractivity contribution in [2.75, 3.05) is 0 Å². The monoisotopic (exact) mass is 492 g/mol. The quantitative estimate of drug-likeness (QED) is 0.219. The molecule has 0 bridgehead atoms. The molecular formula is C32H65AlO. The first-order valence-electron chi connectivity index (χ1n) is 15.2. The van der Waals surface area contributed by atoms with Gasteiger partial charge < -0.3 is 3.79 Å². The molecule has 202 valence electrons. The fourth-order valence-corrected chi connectivity index (χ4v) is 12.7. The van der Waals surface area contributed by atoms with E-state index in [1.807, 2.05) is 0 Å². The lowest BCUT2D eigenvalue weighted by atomic mass is 9.45. The number of rotatable bonds is 14. The third-order valence-electron chi connectivity index (χ3n) is 8.22. The highest BCUT2D eigenvalue weighted by atomic mass is 27.2. The van der Waals surface area contributed by atoms with E-state index in [0.717, 1.165) is 17.8 Å². The second-order valence-corrected chi connectivity index (χ2v) is 17.9. The van der Waals surface area contributed by atoms with Gasteiger partial charge in [-0.05, 0) is 79.4 Å². The SMILES string of the molecule is CC(C)[CH2][Al]1[CH2]C(CC(C)C)(CC(C)C)C(CC(C)C)(CC(C)C)C(CC(C)C)(CC(C)C)[O]1. The van der Waals surface area contributed by atoms with E-state index in [2.05, 4.69) is 96.9 Å². The Morgan fingerprint density at radius 2 is 0.853 bits per heavy atom. The maximum atomic E-state index is 7.78. The van der Waals surface area contributed by atoms with Crippen molar-refractivity contribution < 1.29 is 3.79 Å². The lowest BCUT2D eigenvalue weighted by Crippen LogP contribution is -2.68. The van der Waals surface area contributed by atoms with E-state index in [-0.39, 0.29) is 11.0 Å². The van der Waals surface area contributed by atoms with Crippen LogP contribution in [0.5, 0.6) is 0 Å². The summed E-state index contributed by atoms with van der Waals surface area (Å²) in [6, 6.07) is 0. The van der Waals surface area contributed by atoms with Crippen LogP contribution in [-0.4, -0.2) is 20.1 Å². The zero-order valence-corrected chi connectivity index (χ0v) is 27.3. The Kier molecular flexibility index (Phi) is 12.8. The molecule has 34 heavy (non-hydrogen) atoms. The Labute approximate surface area is 221 Å². The van der Waals surface area contributed by atoms with Gasteiger partial charge in [-0.15, -0.1) is 0 Å². The summed E-state index contributed by atoms with van der Waals surface area (Å²) in [5.74, 6) is 4.94. The first-order chi connectivity index (χ1) is 15.5. The summed E-state index contributed by atoms with van der Waals surface area (Å²) in [6.45, 7) is 34.7. The van der Waals surface area contributed by atoms with Crippen molar-refractivity contribution in [2.24, 2.45) is 52.3 Å². The molecule has 0 N–H and O–H groups in total. The molecule has 1 saturated heterocycles. The molecule has 0 unspecified atom stereocenters. The molecule has 1 heterocycles. The van der Waals surface area contributed by atoms with E-state index in [0.29, 0.717) is 29.1 Å². The van der Waals surface area contributed by atoms with Gasteiger partial charge in [0.2, 0.25) is 0 Å². The van der Waals surface area contributed by atoms with Crippen LogP contribution in [0.2, 0.25) is 10.6 Å². The molecule has 0 aliphatic carbocycles. The molecule has 0 spiro atoms. The zero-order valence-electron chi connectivity index (χ0n) is 26.2. The maximum absolute atomic E-state index is 7.78. The Morgan fingerprint density at radius 1 is 0.500 bits per heavy atom. The van der Waals surface area contributed by atoms with Crippen molar-refractivity contribution in [3.05, 3.63) is 0 Å². The lowest BCUT2D eigenvalue weighted by Gasteiger charge is -2.69. The predicted octanol–water partition coefficient (Wildman–Crippen LogP) is 10.7. The van der Waals surface area contributed by atoms with Crippen LogP contribution < -0.4 is 0 Å². The second-order valence-electron chi connectivity index (χ2n) is 15.5. The summed E-state index contributed by atoms with van der Waals surface area (Å²) in [5, 5.41) is 2.74. The second kappa shape index (κ2) is 13.3. The fourth-order valence-electron chi connectivity index (χ4n) is 8.62. The smallest absolute Gasteiger partial charge is 0.462 e. The molecule has 1 rings (SSSR count). The van der Waals surface area contributed by atoms with Crippen molar-refractivity contribution in [1.29, 1.82) is 0 Å². The Morgan fingerprint density at radius 3 is 1.15 bits per heavy atom. The van der Waals surface area contributed by atoms with Gasteiger partial charge in [-0.2, -0.15) is 0 Å². The normalized spacial score (nSPS) is 20.2. The Balaban J connectivity index is 4.09. The van der Waals surface area contributed by atoms with Crippen LogP contribution in [0.4, 0.5) is 0 Å². The van der Waals surface area contributed by atoms with Crippen LogP contribution in [0.25, 0.3) is 0 Å². The molecule has 2 heteroatoms. The molecule has 0 saturated carbocycles. The van der Waals surface area contributed by atoms with Crippen LogP contribution in [0, 0.1) is 52.3 Å². The van der Waals surface area contributed by atoms with Gasteiger partial charge >= 0.3 is 14.5 Å². The van der Waals surface area contributed by atoms with Gasteiger partial charge in [0.05, 0.1) is 0 Å².